The number of hydrogen-bond acceptors (Lipinski definition) is 4. The van der Waals surface area contributed by atoms with Crippen molar-refractivity contribution in [2.24, 2.45) is 0 Å². The Morgan fingerprint density at radius 1 is 1.44 bits per heavy atom. The second kappa shape index (κ2) is 8.09. The van der Waals surface area contributed by atoms with Crippen LogP contribution in [0.5, 0.6) is 5.75 Å². The molecule has 0 spiro atoms. The average molecular weight is 313 g/mol. The third kappa shape index (κ3) is 4.65. The molecule has 0 atom stereocenters. The molecule has 0 bridgehead atoms. The van der Waals surface area contributed by atoms with Crippen molar-refractivity contribution in [1.29, 1.82) is 5.26 Å². The zero-order valence-electron chi connectivity index (χ0n) is 10.6. The van der Waals surface area contributed by atoms with E-state index in [4.69, 9.17) is 14.7 Å². The number of nitrogens with zero attached hydrogens (tertiary/aromatic N) is 1. The molecule has 18 heavy (non-hydrogen) atoms. The van der Waals surface area contributed by atoms with Gasteiger partial charge in [0.15, 0.2) is 6.61 Å². The van der Waals surface area contributed by atoms with Crippen LogP contribution in [-0.2, 0) is 11.3 Å². The molecule has 5 heteroatoms. The topological polar surface area (TPSA) is 54.3 Å². The number of nitrogens with one attached hydrogen (secondary N) is 1. The SMILES string of the molecule is COCCNCc1cc(Br)cc(C)c1OCC#N. The fraction of sp³-hybridized carbons (Fsp3) is 0.462. The van der Waals surface area contributed by atoms with E-state index in [-0.39, 0.29) is 6.61 Å². The number of rotatable bonds is 7. The van der Waals surface area contributed by atoms with Crippen LogP contribution in [0.15, 0.2) is 16.6 Å². The Morgan fingerprint density at radius 2 is 2.22 bits per heavy atom. The van der Waals surface area contributed by atoms with Gasteiger partial charge in [0.1, 0.15) is 11.8 Å². The quantitative estimate of drug-likeness (QED) is 0.785. The van der Waals surface area contributed by atoms with E-state index < -0.39 is 0 Å². The van der Waals surface area contributed by atoms with Crippen molar-refractivity contribution in [3.63, 3.8) is 0 Å². The van der Waals surface area contributed by atoms with Crippen LogP contribution in [0.1, 0.15) is 11.1 Å². The lowest BCUT2D eigenvalue weighted by atomic mass is 10.1. The Kier molecular flexibility index (Phi) is 6.73. The van der Waals surface area contributed by atoms with Crippen molar-refractivity contribution in [2.45, 2.75) is 13.5 Å². The van der Waals surface area contributed by atoms with Gasteiger partial charge in [0.2, 0.25) is 0 Å². The summed E-state index contributed by atoms with van der Waals surface area (Å²) in [6.07, 6.45) is 0. The Labute approximate surface area is 116 Å². The molecule has 0 heterocycles. The number of hydrogen-bond donors (Lipinski definition) is 1. The molecule has 0 amide bonds. The maximum absolute atomic E-state index is 8.59. The highest BCUT2D eigenvalue weighted by Crippen LogP contribution is 2.28. The number of ether oxygens (including phenoxy) is 2. The van der Waals surface area contributed by atoms with Crippen LogP contribution < -0.4 is 10.1 Å². The highest BCUT2D eigenvalue weighted by Gasteiger charge is 2.08. The summed E-state index contributed by atoms with van der Waals surface area (Å²) in [6, 6.07) is 5.96. The number of halogens is 1. The fourth-order valence-electron chi connectivity index (χ4n) is 1.64. The van der Waals surface area contributed by atoms with Crippen molar-refractivity contribution < 1.29 is 9.47 Å². The smallest absolute Gasteiger partial charge is 0.174 e. The molecule has 0 aliphatic heterocycles. The van der Waals surface area contributed by atoms with Crippen LogP contribution in [0.2, 0.25) is 0 Å². The Bertz CT molecular complexity index is 430. The summed E-state index contributed by atoms with van der Waals surface area (Å²) in [7, 11) is 1.67. The summed E-state index contributed by atoms with van der Waals surface area (Å²) >= 11 is 3.46. The van der Waals surface area contributed by atoms with Crippen LogP contribution in [0.4, 0.5) is 0 Å². The van der Waals surface area contributed by atoms with Crippen LogP contribution in [0.3, 0.4) is 0 Å². The zero-order chi connectivity index (χ0) is 13.4. The maximum Gasteiger partial charge on any atom is 0.174 e. The van der Waals surface area contributed by atoms with Gasteiger partial charge in [-0.15, -0.1) is 0 Å². The van der Waals surface area contributed by atoms with E-state index in [2.05, 4.69) is 21.2 Å². The van der Waals surface area contributed by atoms with Gasteiger partial charge in [0.05, 0.1) is 6.61 Å². The third-order valence-corrected chi connectivity index (χ3v) is 2.85. The number of aryl methyl sites for hydroxylation is 1. The molecule has 1 rings (SSSR count). The van der Waals surface area contributed by atoms with E-state index >= 15 is 0 Å². The van der Waals surface area contributed by atoms with E-state index in [1.807, 2.05) is 25.1 Å². The van der Waals surface area contributed by atoms with Crippen molar-refractivity contribution in [3.05, 3.63) is 27.7 Å². The minimum Gasteiger partial charge on any atom is -0.478 e. The molecule has 0 aromatic heterocycles. The molecule has 0 radical (unpaired) electrons. The lowest BCUT2D eigenvalue weighted by Gasteiger charge is -2.13. The van der Waals surface area contributed by atoms with Gasteiger partial charge in [0.25, 0.3) is 0 Å². The van der Waals surface area contributed by atoms with E-state index in [1.54, 1.807) is 7.11 Å². The molecular formula is C13H17BrN2O2. The molecule has 1 aromatic carbocycles. The summed E-state index contributed by atoms with van der Waals surface area (Å²) in [5.41, 5.74) is 2.05. The predicted molar refractivity (Wildman–Crippen MR) is 73.6 cm³/mol. The Morgan fingerprint density at radius 3 is 2.89 bits per heavy atom. The Balaban J connectivity index is 2.76. The summed E-state index contributed by atoms with van der Waals surface area (Å²) in [5.74, 6) is 0.782. The predicted octanol–water partition coefficient (Wildman–Crippen LogP) is 2.40. The molecule has 0 saturated carbocycles. The van der Waals surface area contributed by atoms with Gasteiger partial charge in [-0.05, 0) is 24.6 Å². The van der Waals surface area contributed by atoms with E-state index in [9.17, 15) is 0 Å². The zero-order valence-corrected chi connectivity index (χ0v) is 12.2. The minimum atomic E-state index is 0.0630. The standard InChI is InChI=1S/C13H17BrN2O2/c1-10-7-12(14)8-11(9-16-4-6-17-2)13(10)18-5-3-15/h7-8,16H,4-6,9H2,1-2H3. The van der Waals surface area contributed by atoms with Gasteiger partial charge in [-0.1, -0.05) is 15.9 Å². The minimum absolute atomic E-state index is 0.0630. The lowest BCUT2D eigenvalue weighted by Crippen LogP contribution is -2.19. The van der Waals surface area contributed by atoms with Crippen LogP contribution in [-0.4, -0.2) is 26.9 Å². The van der Waals surface area contributed by atoms with E-state index in [0.29, 0.717) is 13.2 Å². The average Bonchev–Trinajstić information content (AvgIpc) is 2.33. The number of benzene rings is 1. The molecule has 0 unspecified atom stereocenters. The largest absolute Gasteiger partial charge is 0.478 e. The summed E-state index contributed by atoms with van der Waals surface area (Å²) in [6.45, 7) is 4.16. The van der Waals surface area contributed by atoms with Gasteiger partial charge < -0.3 is 14.8 Å². The molecule has 0 aliphatic carbocycles. The maximum atomic E-state index is 8.59. The van der Waals surface area contributed by atoms with Gasteiger partial charge in [-0.25, -0.2) is 0 Å². The first-order chi connectivity index (χ1) is 8.69. The monoisotopic (exact) mass is 312 g/mol. The number of methoxy groups -OCH3 is 1. The van der Waals surface area contributed by atoms with Crippen LogP contribution in [0.25, 0.3) is 0 Å². The highest BCUT2D eigenvalue weighted by molar-refractivity contribution is 9.10. The summed E-state index contributed by atoms with van der Waals surface area (Å²) < 4.78 is 11.5. The van der Waals surface area contributed by atoms with Crippen LogP contribution in [0, 0.1) is 18.3 Å². The molecule has 0 aliphatic rings. The molecule has 0 saturated heterocycles. The van der Waals surface area contributed by atoms with Gasteiger partial charge in [-0.2, -0.15) is 5.26 Å². The first kappa shape index (κ1) is 15.0. The first-order valence-electron chi connectivity index (χ1n) is 5.67. The van der Waals surface area contributed by atoms with Crippen LogP contribution >= 0.6 is 15.9 Å². The Hall–Kier alpha value is -1.09. The molecule has 98 valence electrons. The molecule has 1 aromatic rings. The van der Waals surface area contributed by atoms with Crippen molar-refractivity contribution in [3.8, 4) is 11.8 Å². The van der Waals surface area contributed by atoms with E-state index in [1.165, 1.54) is 0 Å². The number of nitriles is 1. The molecule has 4 nitrogen and oxygen atoms in total. The first-order valence-corrected chi connectivity index (χ1v) is 6.46. The van der Waals surface area contributed by atoms with Crippen molar-refractivity contribution >= 4 is 15.9 Å². The van der Waals surface area contributed by atoms with Gasteiger partial charge in [0, 0.05) is 30.2 Å². The normalized spacial score (nSPS) is 10.1. The summed E-state index contributed by atoms with van der Waals surface area (Å²) in [4.78, 5) is 0. The van der Waals surface area contributed by atoms with Crippen molar-refractivity contribution in [1.82, 2.24) is 5.32 Å². The molecular weight excluding hydrogens is 296 g/mol. The lowest BCUT2D eigenvalue weighted by molar-refractivity contribution is 0.199. The van der Waals surface area contributed by atoms with Crippen molar-refractivity contribution in [2.75, 3.05) is 26.9 Å². The second-order valence-corrected chi connectivity index (χ2v) is 4.74. The van der Waals surface area contributed by atoms with E-state index in [0.717, 1.165) is 27.9 Å². The molecule has 0 fully saturated rings. The third-order valence-electron chi connectivity index (χ3n) is 2.40. The highest BCUT2D eigenvalue weighted by atomic mass is 79.9. The fourth-order valence-corrected chi connectivity index (χ4v) is 2.26. The summed E-state index contributed by atoms with van der Waals surface area (Å²) in [5, 5.41) is 11.9. The van der Waals surface area contributed by atoms with Gasteiger partial charge in [-0.3, -0.25) is 0 Å². The second-order valence-electron chi connectivity index (χ2n) is 3.83. The van der Waals surface area contributed by atoms with Gasteiger partial charge >= 0.3 is 0 Å². The molecule has 1 N–H and O–H groups in total.